The number of fused-ring (bicyclic) bond motifs is 4. The van der Waals surface area contributed by atoms with Crippen molar-refractivity contribution in [2.24, 2.45) is 9.98 Å². The lowest BCUT2D eigenvalue weighted by atomic mass is 10.1. The second-order valence-electron chi connectivity index (χ2n) is 14.8. The van der Waals surface area contributed by atoms with Crippen molar-refractivity contribution >= 4 is 29.5 Å². The molecule has 2 aromatic heterocycles. The highest BCUT2D eigenvalue weighted by atomic mass is 16.3. The van der Waals surface area contributed by atoms with Crippen LogP contribution in [0.2, 0.25) is 0 Å². The third-order valence-corrected chi connectivity index (χ3v) is 10.8. The van der Waals surface area contributed by atoms with Crippen LogP contribution in [-0.4, -0.2) is 95.3 Å². The van der Waals surface area contributed by atoms with Gasteiger partial charge in [0.25, 0.3) is 5.91 Å². The summed E-state index contributed by atoms with van der Waals surface area (Å²) in [5.74, 6) is 2.56. The van der Waals surface area contributed by atoms with Gasteiger partial charge in [-0.25, -0.2) is 20.0 Å². The van der Waals surface area contributed by atoms with Crippen molar-refractivity contribution in [3.63, 3.8) is 0 Å². The van der Waals surface area contributed by atoms with E-state index in [0.29, 0.717) is 55.8 Å². The first-order valence-corrected chi connectivity index (χ1v) is 20.3. The molecule has 5 heterocycles. The molecule has 13 nitrogen and oxygen atoms in total. The molecule has 0 radical (unpaired) electrons. The number of hydrogen-bond donors (Lipinski definition) is 3. The van der Waals surface area contributed by atoms with Crippen LogP contribution >= 0.6 is 0 Å². The molecule has 0 saturated carbocycles. The lowest BCUT2D eigenvalue weighted by Crippen LogP contribution is -2.50. The molecule has 0 bridgehead atoms. The molecule has 1 amide bonds. The van der Waals surface area contributed by atoms with Gasteiger partial charge in [-0.2, -0.15) is 0 Å². The molecule has 6 aromatic rings. The quantitative estimate of drug-likeness (QED) is 0.141. The molecule has 13 heteroatoms. The Balaban J connectivity index is 0.000000164. The number of aliphatic imine (C=N–C) groups is 2. The van der Waals surface area contributed by atoms with Crippen LogP contribution in [0, 0.1) is 0 Å². The van der Waals surface area contributed by atoms with Gasteiger partial charge in [0.15, 0.2) is 23.6 Å². The highest BCUT2D eigenvalue weighted by molar-refractivity contribution is 6.18. The maximum atomic E-state index is 13.3. The van der Waals surface area contributed by atoms with Crippen LogP contribution in [0.25, 0.3) is 0 Å². The van der Waals surface area contributed by atoms with Gasteiger partial charge >= 0.3 is 0 Å². The summed E-state index contributed by atoms with van der Waals surface area (Å²) < 4.78 is 3.91. The number of amides is 1. The molecule has 0 saturated heterocycles. The fourth-order valence-electron chi connectivity index (χ4n) is 7.90. The van der Waals surface area contributed by atoms with Crippen LogP contribution < -0.4 is 10.2 Å². The maximum absolute atomic E-state index is 13.3. The summed E-state index contributed by atoms with van der Waals surface area (Å²) in [5, 5.41) is 24.2. The van der Waals surface area contributed by atoms with E-state index in [1.54, 1.807) is 22.5 Å². The average Bonchev–Trinajstić information content (AvgIpc) is 4.00. The predicted octanol–water partition coefficient (Wildman–Crippen LogP) is 5.82. The number of aromatic nitrogens is 4. The standard InChI is InChI=1S/C23H27N5O2.C23H23N5O/c1-2-28-22(30)20-21(24-16-27(20)14-18-11-7-4-8-12-18)26-23(28)25-19(15-29)13-17-9-5-3-6-10-17;1-2-27-22(29)20-21(24-16-26(20)14-18-11-7-4-8-12-18)28-15-19(25-23(27)28)13-17-9-5-3-6-10-17/h3-12,16,19,22,29-30H,2,13-15H2,1H3,(H,25,26);3-12,16,19H,2,13-15H2,1H3/t19-,22+;19-/m11/s1. The highest BCUT2D eigenvalue weighted by Gasteiger charge is 2.42. The van der Waals surface area contributed by atoms with E-state index < -0.39 is 6.23 Å². The first kappa shape index (κ1) is 39.3. The molecule has 4 aromatic carbocycles. The number of aliphatic hydroxyl groups is 2. The van der Waals surface area contributed by atoms with Gasteiger partial charge in [-0.15, -0.1) is 0 Å². The highest BCUT2D eigenvalue weighted by Crippen LogP contribution is 2.33. The third kappa shape index (κ3) is 8.52. The first-order valence-electron chi connectivity index (χ1n) is 20.3. The molecule has 3 aliphatic rings. The minimum Gasteiger partial charge on any atom is -0.394 e. The molecule has 0 aliphatic carbocycles. The summed E-state index contributed by atoms with van der Waals surface area (Å²) in [7, 11) is 0. The molecular formula is C46H50N10O3. The Labute approximate surface area is 344 Å². The number of rotatable bonds is 12. The van der Waals surface area contributed by atoms with E-state index in [-0.39, 0.29) is 24.6 Å². The largest absolute Gasteiger partial charge is 0.394 e. The number of nitrogens with zero attached hydrogens (tertiary/aromatic N) is 9. The smallest absolute Gasteiger partial charge is 0.281 e. The maximum Gasteiger partial charge on any atom is 0.281 e. The number of nitrogens with one attached hydrogen (secondary N) is 1. The van der Waals surface area contributed by atoms with Gasteiger partial charge < -0.3 is 29.6 Å². The van der Waals surface area contributed by atoms with Crippen molar-refractivity contribution in [2.75, 3.05) is 36.5 Å². The van der Waals surface area contributed by atoms with Crippen LogP contribution in [-0.2, 0) is 25.9 Å². The Morgan fingerprint density at radius 1 is 0.763 bits per heavy atom. The van der Waals surface area contributed by atoms with Crippen LogP contribution in [0.3, 0.4) is 0 Å². The van der Waals surface area contributed by atoms with Crippen LogP contribution in [0.4, 0.5) is 11.6 Å². The van der Waals surface area contributed by atoms with E-state index in [2.05, 4.69) is 68.7 Å². The molecule has 3 atom stereocenters. The van der Waals surface area contributed by atoms with Gasteiger partial charge in [-0.05, 0) is 48.9 Å². The van der Waals surface area contributed by atoms with E-state index in [1.807, 2.05) is 95.8 Å². The zero-order valence-electron chi connectivity index (χ0n) is 33.4. The summed E-state index contributed by atoms with van der Waals surface area (Å²) in [5.41, 5.74) is 6.00. The van der Waals surface area contributed by atoms with Gasteiger partial charge in [0, 0.05) is 26.2 Å². The molecule has 3 N–H and O–H groups in total. The zero-order valence-corrected chi connectivity index (χ0v) is 33.4. The number of benzene rings is 4. The van der Waals surface area contributed by atoms with Gasteiger partial charge in [0.1, 0.15) is 5.69 Å². The van der Waals surface area contributed by atoms with Gasteiger partial charge in [-0.1, -0.05) is 121 Å². The molecule has 9 rings (SSSR count). The number of carbonyl (C=O) groups is 1. The number of guanidine groups is 2. The SMILES string of the molecule is CCN1C(=N[C@@H](CO)Cc2ccccc2)Nc2ncn(Cc3ccccc3)c2[C@@H]1O.CCN1C(=O)c2c(ncn2Cc2ccccc2)N2C[C@@H](Cc3ccccc3)N=C12. The Morgan fingerprint density at radius 2 is 1.34 bits per heavy atom. The summed E-state index contributed by atoms with van der Waals surface area (Å²) in [4.78, 5) is 37.6. The van der Waals surface area contributed by atoms with Gasteiger partial charge in [-0.3, -0.25) is 14.6 Å². The lowest BCUT2D eigenvalue weighted by Gasteiger charge is -2.35. The Kier molecular flexibility index (Phi) is 11.9. The Morgan fingerprint density at radius 3 is 1.93 bits per heavy atom. The van der Waals surface area contributed by atoms with E-state index in [9.17, 15) is 15.0 Å². The van der Waals surface area contributed by atoms with Crippen molar-refractivity contribution in [3.8, 4) is 0 Å². The van der Waals surface area contributed by atoms with E-state index in [1.165, 1.54) is 5.56 Å². The van der Waals surface area contributed by atoms with Gasteiger partial charge in [0.2, 0.25) is 11.9 Å². The summed E-state index contributed by atoms with van der Waals surface area (Å²) in [6.45, 7) is 7.01. The molecule has 0 fully saturated rings. The van der Waals surface area contributed by atoms with Crippen molar-refractivity contribution in [1.29, 1.82) is 0 Å². The van der Waals surface area contributed by atoms with E-state index in [4.69, 9.17) is 9.98 Å². The molecule has 3 aliphatic heterocycles. The molecule has 59 heavy (non-hydrogen) atoms. The van der Waals surface area contributed by atoms with Crippen molar-refractivity contribution in [3.05, 3.63) is 168 Å². The number of anilines is 2. The number of carbonyl (C=O) groups excluding carboxylic acids is 1. The molecule has 0 unspecified atom stereocenters. The fraction of sp³-hybridized carbons (Fsp3) is 0.283. The Bertz CT molecular complexity index is 2380. The number of imidazole rings is 2. The van der Waals surface area contributed by atoms with Crippen molar-refractivity contribution in [1.82, 2.24) is 28.9 Å². The summed E-state index contributed by atoms with van der Waals surface area (Å²) >= 11 is 0. The average molecular weight is 791 g/mol. The number of aliphatic hydroxyl groups excluding tert-OH is 2. The Hall–Kier alpha value is -6.57. The normalized spacial score (nSPS) is 18.0. The van der Waals surface area contributed by atoms with Gasteiger partial charge in [0.05, 0.1) is 37.9 Å². The van der Waals surface area contributed by atoms with Crippen LogP contribution in [0.5, 0.6) is 0 Å². The molecular weight excluding hydrogens is 741 g/mol. The monoisotopic (exact) mass is 790 g/mol. The first-order chi connectivity index (χ1) is 28.9. The van der Waals surface area contributed by atoms with Crippen LogP contribution in [0.15, 0.2) is 144 Å². The minimum atomic E-state index is -0.868. The molecule has 0 spiro atoms. The molecule has 302 valence electrons. The lowest BCUT2D eigenvalue weighted by molar-refractivity contribution is 0.0461. The summed E-state index contributed by atoms with van der Waals surface area (Å²) in [6, 6.07) is 40.4. The van der Waals surface area contributed by atoms with E-state index >= 15 is 0 Å². The minimum absolute atomic E-state index is 0.0220. The second-order valence-corrected chi connectivity index (χ2v) is 14.8. The second kappa shape index (κ2) is 17.9. The zero-order chi connectivity index (χ0) is 40.7. The van der Waals surface area contributed by atoms with Crippen molar-refractivity contribution < 1.29 is 15.0 Å². The third-order valence-electron chi connectivity index (χ3n) is 10.8. The van der Waals surface area contributed by atoms with E-state index in [0.717, 1.165) is 41.4 Å². The predicted molar refractivity (Wildman–Crippen MR) is 230 cm³/mol. The summed E-state index contributed by atoms with van der Waals surface area (Å²) in [6.07, 6.45) is 4.11. The fourth-order valence-corrected chi connectivity index (χ4v) is 7.90. The topological polar surface area (TPSA) is 140 Å². The van der Waals surface area contributed by atoms with Crippen LogP contribution in [0.1, 0.15) is 58.5 Å². The number of hydrogen-bond acceptors (Lipinski definition) is 8. The van der Waals surface area contributed by atoms with Crippen molar-refractivity contribution in [2.45, 2.75) is 58.1 Å².